The maximum atomic E-state index is 11.6. The van der Waals surface area contributed by atoms with Crippen LogP contribution in [-0.2, 0) is 17.6 Å². The van der Waals surface area contributed by atoms with Crippen molar-refractivity contribution in [2.75, 3.05) is 11.9 Å². The second-order valence-corrected chi connectivity index (χ2v) is 4.75. The molecule has 0 aliphatic carbocycles. The van der Waals surface area contributed by atoms with Gasteiger partial charge in [-0.15, -0.1) is 0 Å². The number of fused-ring (bicyclic) bond motifs is 1. The first-order valence-corrected chi connectivity index (χ1v) is 6.16. The van der Waals surface area contributed by atoms with Gasteiger partial charge in [-0.1, -0.05) is 42.5 Å². The molecule has 1 heterocycles. The van der Waals surface area contributed by atoms with E-state index in [4.69, 9.17) is 0 Å². The molecule has 0 radical (unpaired) electrons. The summed E-state index contributed by atoms with van der Waals surface area (Å²) < 4.78 is 0. The Morgan fingerprint density at radius 3 is 2.61 bits per heavy atom. The van der Waals surface area contributed by atoms with Crippen LogP contribution in [0, 0.1) is 0 Å². The molecule has 0 unspecified atom stereocenters. The number of carbonyl (C=O) groups excluding carboxylic acids is 1. The number of benzene rings is 2. The third-order valence-electron chi connectivity index (χ3n) is 3.47. The molecule has 90 valence electrons. The predicted molar refractivity (Wildman–Crippen MR) is 72.8 cm³/mol. The molecule has 2 aromatic carbocycles. The van der Waals surface area contributed by atoms with Crippen LogP contribution in [0.5, 0.6) is 0 Å². The van der Waals surface area contributed by atoms with Crippen molar-refractivity contribution in [1.29, 1.82) is 0 Å². The van der Waals surface area contributed by atoms with Gasteiger partial charge in [-0.3, -0.25) is 4.79 Å². The minimum Gasteiger partial charge on any atom is -0.315 e. The van der Waals surface area contributed by atoms with Gasteiger partial charge in [-0.2, -0.15) is 0 Å². The van der Waals surface area contributed by atoms with Gasteiger partial charge in [-0.25, -0.2) is 0 Å². The zero-order valence-electron chi connectivity index (χ0n) is 10.4. The molecule has 2 aromatic rings. The molecule has 1 aliphatic rings. The molecule has 2 heteroatoms. The zero-order chi connectivity index (χ0) is 12.5. The van der Waals surface area contributed by atoms with Crippen molar-refractivity contribution >= 4 is 11.6 Å². The average molecular weight is 237 g/mol. The first-order chi connectivity index (χ1) is 8.74. The number of anilines is 1. The van der Waals surface area contributed by atoms with Gasteiger partial charge in [0.05, 0.1) is 6.42 Å². The minimum atomic E-state index is 0.182. The summed E-state index contributed by atoms with van der Waals surface area (Å²) in [6, 6.07) is 16.7. The molecule has 0 saturated carbocycles. The van der Waals surface area contributed by atoms with Crippen LogP contribution in [-0.4, -0.2) is 13.0 Å². The highest BCUT2D eigenvalue weighted by atomic mass is 16.2. The highest BCUT2D eigenvalue weighted by Gasteiger charge is 2.23. The van der Waals surface area contributed by atoms with E-state index in [9.17, 15) is 4.79 Å². The van der Waals surface area contributed by atoms with Gasteiger partial charge < -0.3 is 4.90 Å². The monoisotopic (exact) mass is 237 g/mol. The van der Waals surface area contributed by atoms with Gasteiger partial charge in [0.2, 0.25) is 5.91 Å². The first-order valence-electron chi connectivity index (χ1n) is 6.16. The Kier molecular flexibility index (Phi) is 2.63. The standard InChI is InChI=1S/C16H15NO/c1-17-15-8-7-13(10-14(15)11-16(17)18)9-12-5-3-2-4-6-12/h2-8,10H,9,11H2,1H3. The summed E-state index contributed by atoms with van der Waals surface area (Å²) in [4.78, 5) is 13.4. The van der Waals surface area contributed by atoms with Crippen molar-refractivity contribution < 1.29 is 4.79 Å². The smallest absolute Gasteiger partial charge is 0.231 e. The van der Waals surface area contributed by atoms with Crippen molar-refractivity contribution in [2.24, 2.45) is 0 Å². The number of nitrogens with zero attached hydrogens (tertiary/aromatic N) is 1. The predicted octanol–water partition coefficient (Wildman–Crippen LogP) is 2.80. The van der Waals surface area contributed by atoms with E-state index in [0.29, 0.717) is 6.42 Å². The molecule has 0 aromatic heterocycles. The minimum absolute atomic E-state index is 0.182. The highest BCUT2D eigenvalue weighted by molar-refractivity contribution is 6.00. The highest BCUT2D eigenvalue weighted by Crippen LogP contribution is 2.28. The summed E-state index contributed by atoms with van der Waals surface area (Å²) in [6.45, 7) is 0. The number of amides is 1. The fraction of sp³-hybridized carbons (Fsp3) is 0.188. The van der Waals surface area contributed by atoms with Gasteiger partial charge in [0, 0.05) is 12.7 Å². The Hall–Kier alpha value is -2.09. The van der Waals surface area contributed by atoms with Crippen LogP contribution in [0.25, 0.3) is 0 Å². The van der Waals surface area contributed by atoms with Gasteiger partial charge in [0.25, 0.3) is 0 Å². The zero-order valence-corrected chi connectivity index (χ0v) is 10.4. The molecule has 0 fully saturated rings. The SMILES string of the molecule is CN1C(=O)Cc2cc(Cc3ccccc3)ccc21. The Balaban J connectivity index is 1.88. The molecule has 0 N–H and O–H groups in total. The molecule has 2 nitrogen and oxygen atoms in total. The molecule has 18 heavy (non-hydrogen) atoms. The molecule has 0 atom stereocenters. The van der Waals surface area contributed by atoms with E-state index in [1.165, 1.54) is 11.1 Å². The average Bonchev–Trinajstić information content (AvgIpc) is 2.66. The molecular formula is C16H15NO. The molecule has 1 amide bonds. The summed E-state index contributed by atoms with van der Waals surface area (Å²) >= 11 is 0. The van der Waals surface area contributed by atoms with E-state index < -0.39 is 0 Å². The fourth-order valence-corrected chi connectivity index (χ4v) is 2.47. The topological polar surface area (TPSA) is 20.3 Å². The summed E-state index contributed by atoms with van der Waals surface area (Å²) in [5, 5.41) is 0. The van der Waals surface area contributed by atoms with E-state index in [-0.39, 0.29) is 5.91 Å². The summed E-state index contributed by atoms with van der Waals surface area (Å²) in [6.07, 6.45) is 1.46. The summed E-state index contributed by atoms with van der Waals surface area (Å²) in [7, 11) is 1.84. The van der Waals surface area contributed by atoms with Crippen LogP contribution >= 0.6 is 0 Å². The second kappa shape index (κ2) is 4.30. The van der Waals surface area contributed by atoms with E-state index >= 15 is 0 Å². The van der Waals surface area contributed by atoms with E-state index in [0.717, 1.165) is 17.7 Å². The van der Waals surface area contributed by atoms with Crippen molar-refractivity contribution in [1.82, 2.24) is 0 Å². The van der Waals surface area contributed by atoms with E-state index in [2.05, 4.69) is 42.5 Å². The van der Waals surface area contributed by atoms with E-state index in [1.54, 1.807) is 4.90 Å². The largest absolute Gasteiger partial charge is 0.315 e. The quantitative estimate of drug-likeness (QED) is 0.786. The van der Waals surface area contributed by atoms with Gasteiger partial charge in [0.1, 0.15) is 0 Å². The van der Waals surface area contributed by atoms with Crippen molar-refractivity contribution in [2.45, 2.75) is 12.8 Å². The van der Waals surface area contributed by atoms with Crippen LogP contribution in [0.15, 0.2) is 48.5 Å². The lowest BCUT2D eigenvalue weighted by atomic mass is 10.0. The summed E-state index contributed by atoms with van der Waals surface area (Å²) in [5.74, 6) is 0.182. The van der Waals surface area contributed by atoms with Crippen molar-refractivity contribution in [3.8, 4) is 0 Å². The van der Waals surface area contributed by atoms with Crippen LogP contribution in [0.1, 0.15) is 16.7 Å². The van der Waals surface area contributed by atoms with Crippen LogP contribution in [0.4, 0.5) is 5.69 Å². The second-order valence-electron chi connectivity index (χ2n) is 4.75. The fourth-order valence-electron chi connectivity index (χ4n) is 2.47. The molecule has 0 spiro atoms. The van der Waals surface area contributed by atoms with Crippen molar-refractivity contribution in [3.63, 3.8) is 0 Å². The Morgan fingerprint density at radius 1 is 1.06 bits per heavy atom. The summed E-state index contributed by atoms with van der Waals surface area (Å²) in [5.41, 5.74) is 4.77. The maximum Gasteiger partial charge on any atom is 0.231 e. The lowest BCUT2D eigenvalue weighted by Crippen LogP contribution is -2.20. The number of hydrogen-bond donors (Lipinski definition) is 0. The van der Waals surface area contributed by atoms with Crippen LogP contribution in [0.3, 0.4) is 0 Å². The molecule has 0 saturated heterocycles. The Labute approximate surface area is 107 Å². The molecule has 3 rings (SSSR count). The molecular weight excluding hydrogens is 222 g/mol. The lowest BCUT2D eigenvalue weighted by Gasteiger charge is -2.10. The number of rotatable bonds is 2. The number of likely N-dealkylation sites (N-methyl/N-ethyl adjacent to an activating group) is 1. The Morgan fingerprint density at radius 2 is 1.83 bits per heavy atom. The van der Waals surface area contributed by atoms with Crippen molar-refractivity contribution in [3.05, 3.63) is 65.2 Å². The molecule has 1 aliphatic heterocycles. The first kappa shape index (κ1) is 11.0. The number of carbonyl (C=O) groups is 1. The van der Waals surface area contributed by atoms with Crippen LogP contribution < -0.4 is 4.90 Å². The lowest BCUT2D eigenvalue weighted by molar-refractivity contribution is -0.117. The van der Waals surface area contributed by atoms with Gasteiger partial charge in [0.15, 0.2) is 0 Å². The number of hydrogen-bond acceptors (Lipinski definition) is 1. The van der Waals surface area contributed by atoms with Gasteiger partial charge in [-0.05, 0) is 29.2 Å². The van der Waals surface area contributed by atoms with Gasteiger partial charge >= 0.3 is 0 Å². The van der Waals surface area contributed by atoms with Crippen LogP contribution in [0.2, 0.25) is 0 Å². The van der Waals surface area contributed by atoms with E-state index in [1.807, 2.05) is 13.1 Å². The third-order valence-corrected chi connectivity index (χ3v) is 3.47. The maximum absolute atomic E-state index is 11.6. The Bertz CT molecular complexity index is 589. The third kappa shape index (κ3) is 1.90. The normalized spacial score (nSPS) is 13.8. The molecule has 0 bridgehead atoms.